The number of carbonyl (C=O) groups excluding carboxylic acids is 1. The van der Waals surface area contributed by atoms with Crippen molar-refractivity contribution in [3.05, 3.63) is 69.3 Å². The van der Waals surface area contributed by atoms with Gasteiger partial charge in [0.05, 0.1) is 15.7 Å². The number of carbonyl (C=O) groups is 1. The van der Waals surface area contributed by atoms with E-state index in [1.807, 2.05) is 6.07 Å². The molecule has 1 aromatic heterocycles. The van der Waals surface area contributed by atoms with E-state index >= 15 is 0 Å². The zero-order chi connectivity index (χ0) is 23.8. The van der Waals surface area contributed by atoms with E-state index in [1.54, 1.807) is 18.2 Å². The van der Waals surface area contributed by atoms with Gasteiger partial charge in [0.25, 0.3) is 5.91 Å². The largest absolute Gasteiger partial charge is 0.455 e. The quantitative estimate of drug-likeness (QED) is 0.499. The lowest BCUT2D eigenvalue weighted by Gasteiger charge is -2.30. The number of para-hydroxylation sites is 1. The fourth-order valence-electron chi connectivity index (χ4n) is 4.42. The van der Waals surface area contributed by atoms with Gasteiger partial charge in [0.1, 0.15) is 5.56 Å². The monoisotopic (exact) mass is 497 g/mol. The SMILES string of the molecule is CC(C)CN1CCc2cc(Nc3ncc4c(n3)OCN(c3c(Cl)cccc3Cl)C4=O)ccc2C1. The minimum Gasteiger partial charge on any atom is -0.455 e. The second kappa shape index (κ2) is 9.41. The van der Waals surface area contributed by atoms with E-state index in [-0.39, 0.29) is 24.1 Å². The Kier molecular flexibility index (Phi) is 6.34. The summed E-state index contributed by atoms with van der Waals surface area (Å²) in [5, 5.41) is 3.98. The lowest BCUT2D eigenvalue weighted by molar-refractivity contribution is 0.0932. The van der Waals surface area contributed by atoms with E-state index in [2.05, 4.69) is 46.2 Å². The fraction of sp³-hybridized carbons (Fsp3) is 0.320. The van der Waals surface area contributed by atoms with Gasteiger partial charge >= 0.3 is 0 Å². The van der Waals surface area contributed by atoms with Crippen LogP contribution in [-0.2, 0) is 13.0 Å². The molecule has 0 bridgehead atoms. The van der Waals surface area contributed by atoms with Gasteiger partial charge in [0.2, 0.25) is 11.8 Å². The van der Waals surface area contributed by atoms with Gasteiger partial charge in [-0.05, 0) is 47.7 Å². The first-order valence-corrected chi connectivity index (χ1v) is 12.0. The molecule has 0 radical (unpaired) electrons. The Balaban J connectivity index is 1.32. The van der Waals surface area contributed by atoms with E-state index in [9.17, 15) is 4.79 Å². The number of benzene rings is 2. The molecule has 0 saturated heterocycles. The van der Waals surface area contributed by atoms with Crippen molar-refractivity contribution in [3.63, 3.8) is 0 Å². The van der Waals surface area contributed by atoms with Crippen LogP contribution in [0.2, 0.25) is 10.0 Å². The highest BCUT2D eigenvalue weighted by Crippen LogP contribution is 2.37. The summed E-state index contributed by atoms with van der Waals surface area (Å²) in [6, 6.07) is 11.4. The Morgan fingerprint density at radius 3 is 2.71 bits per heavy atom. The van der Waals surface area contributed by atoms with Crippen molar-refractivity contribution in [1.29, 1.82) is 0 Å². The predicted octanol–water partition coefficient (Wildman–Crippen LogP) is 5.54. The number of halogens is 2. The Morgan fingerprint density at radius 1 is 1.15 bits per heavy atom. The Labute approximate surface area is 208 Å². The van der Waals surface area contributed by atoms with Gasteiger partial charge in [-0.25, -0.2) is 4.98 Å². The third-order valence-electron chi connectivity index (χ3n) is 5.94. The van der Waals surface area contributed by atoms with Crippen molar-refractivity contribution >= 4 is 46.4 Å². The van der Waals surface area contributed by atoms with Crippen LogP contribution in [0.3, 0.4) is 0 Å². The van der Waals surface area contributed by atoms with Crippen LogP contribution >= 0.6 is 23.2 Å². The first-order chi connectivity index (χ1) is 16.4. The molecule has 0 atom stereocenters. The number of aromatic nitrogens is 2. The standard InChI is InChI=1S/C25H25Cl2N5O2/c1-15(2)12-31-9-8-16-10-18(7-6-17(16)13-31)29-25-28-11-19-23(30-25)34-14-32(24(19)33)22-20(26)4-3-5-21(22)27/h3-7,10-11,15H,8-9,12-14H2,1-2H3,(H,28,29,30). The average Bonchev–Trinajstić information content (AvgIpc) is 2.80. The maximum Gasteiger partial charge on any atom is 0.268 e. The normalized spacial score (nSPS) is 15.7. The number of rotatable bonds is 5. The average molecular weight is 498 g/mol. The molecule has 3 heterocycles. The van der Waals surface area contributed by atoms with Gasteiger partial charge < -0.3 is 10.1 Å². The third kappa shape index (κ3) is 4.56. The van der Waals surface area contributed by atoms with Crippen molar-refractivity contribution in [3.8, 4) is 5.88 Å². The molecule has 0 spiro atoms. The van der Waals surface area contributed by atoms with Crippen LogP contribution in [-0.4, -0.2) is 40.6 Å². The van der Waals surface area contributed by atoms with E-state index < -0.39 is 0 Å². The lowest BCUT2D eigenvalue weighted by Crippen LogP contribution is -2.39. The highest BCUT2D eigenvalue weighted by Gasteiger charge is 2.31. The van der Waals surface area contributed by atoms with Crippen molar-refractivity contribution in [2.45, 2.75) is 26.8 Å². The van der Waals surface area contributed by atoms with Crippen LogP contribution in [0.1, 0.15) is 35.3 Å². The summed E-state index contributed by atoms with van der Waals surface area (Å²) < 4.78 is 5.77. The van der Waals surface area contributed by atoms with E-state index in [0.717, 1.165) is 31.7 Å². The topological polar surface area (TPSA) is 70.6 Å². The Hall–Kier alpha value is -2.87. The van der Waals surface area contributed by atoms with Gasteiger partial charge in [-0.15, -0.1) is 0 Å². The summed E-state index contributed by atoms with van der Waals surface area (Å²) >= 11 is 12.5. The number of hydrogen-bond donors (Lipinski definition) is 1. The van der Waals surface area contributed by atoms with Crippen LogP contribution < -0.4 is 15.0 Å². The van der Waals surface area contributed by atoms with Gasteiger partial charge in [0.15, 0.2) is 6.73 Å². The number of ether oxygens (including phenoxy) is 1. The Bertz CT molecular complexity index is 1230. The molecule has 0 saturated carbocycles. The molecule has 3 aromatic rings. The van der Waals surface area contributed by atoms with Crippen LogP contribution in [0.25, 0.3) is 0 Å². The summed E-state index contributed by atoms with van der Waals surface area (Å²) in [7, 11) is 0. The molecular formula is C25H25Cl2N5O2. The van der Waals surface area contributed by atoms with Crippen LogP contribution in [0.5, 0.6) is 5.88 Å². The van der Waals surface area contributed by atoms with E-state index in [0.29, 0.717) is 27.6 Å². The van der Waals surface area contributed by atoms with Crippen LogP contribution in [0.15, 0.2) is 42.6 Å². The van der Waals surface area contributed by atoms with Crippen molar-refractivity contribution in [2.24, 2.45) is 5.92 Å². The van der Waals surface area contributed by atoms with Gasteiger partial charge in [-0.2, -0.15) is 4.98 Å². The van der Waals surface area contributed by atoms with E-state index in [1.165, 1.54) is 22.2 Å². The van der Waals surface area contributed by atoms with Gasteiger partial charge in [0, 0.05) is 31.5 Å². The summed E-state index contributed by atoms with van der Waals surface area (Å²) in [4.78, 5) is 25.7. The van der Waals surface area contributed by atoms with Gasteiger partial charge in [-0.1, -0.05) is 49.2 Å². The first-order valence-electron chi connectivity index (χ1n) is 11.3. The fourth-order valence-corrected chi connectivity index (χ4v) is 5.02. The third-order valence-corrected chi connectivity index (χ3v) is 6.55. The van der Waals surface area contributed by atoms with Crippen LogP contribution in [0, 0.1) is 5.92 Å². The highest BCUT2D eigenvalue weighted by molar-refractivity contribution is 6.40. The summed E-state index contributed by atoms with van der Waals surface area (Å²) in [6.07, 6.45) is 2.48. The summed E-state index contributed by atoms with van der Waals surface area (Å²) in [6.45, 7) is 7.61. The van der Waals surface area contributed by atoms with Crippen LogP contribution in [0.4, 0.5) is 17.3 Å². The molecule has 1 amide bonds. The second-order valence-corrected chi connectivity index (χ2v) is 9.79. The molecule has 0 fully saturated rings. The molecule has 2 aliphatic heterocycles. The van der Waals surface area contributed by atoms with Crippen molar-refractivity contribution in [2.75, 3.05) is 30.0 Å². The summed E-state index contributed by atoms with van der Waals surface area (Å²) in [5.74, 6) is 0.936. The molecule has 0 aliphatic carbocycles. The van der Waals surface area contributed by atoms with E-state index in [4.69, 9.17) is 27.9 Å². The summed E-state index contributed by atoms with van der Waals surface area (Å²) in [5.41, 5.74) is 4.26. The molecule has 9 heteroatoms. The number of amides is 1. The number of nitrogens with zero attached hydrogens (tertiary/aromatic N) is 4. The first kappa shape index (κ1) is 22.9. The maximum absolute atomic E-state index is 13.1. The number of nitrogens with one attached hydrogen (secondary N) is 1. The van der Waals surface area contributed by atoms with Crippen molar-refractivity contribution < 1.29 is 9.53 Å². The zero-order valence-electron chi connectivity index (χ0n) is 19.0. The minimum absolute atomic E-state index is 0.0442. The predicted molar refractivity (Wildman–Crippen MR) is 134 cm³/mol. The van der Waals surface area contributed by atoms with Gasteiger partial charge in [-0.3, -0.25) is 14.6 Å². The number of anilines is 3. The minimum atomic E-state index is -0.317. The zero-order valence-corrected chi connectivity index (χ0v) is 20.5. The molecule has 2 aliphatic rings. The highest BCUT2D eigenvalue weighted by atomic mass is 35.5. The maximum atomic E-state index is 13.1. The molecule has 7 nitrogen and oxygen atoms in total. The second-order valence-electron chi connectivity index (χ2n) is 8.98. The Morgan fingerprint density at radius 2 is 1.94 bits per heavy atom. The molecule has 0 unspecified atom stereocenters. The molecule has 176 valence electrons. The molecule has 2 aromatic carbocycles. The lowest BCUT2D eigenvalue weighted by atomic mass is 9.98. The molecule has 5 rings (SSSR count). The molecule has 1 N–H and O–H groups in total. The number of fused-ring (bicyclic) bond motifs is 2. The smallest absolute Gasteiger partial charge is 0.268 e. The molecular weight excluding hydrogens is 473 g/mol. The molecule has 34 heavy (non-hydrogen) atoms. The number of hydrogen-bond acceptors (Lipinski definition) is 6. The van der Waals surface area contributed by atoms with Crippen molar-refractivity contribution in [1.82, 2.24) is 14.9 Å².